The first-order valence-corrected chi connectivity index (χ1v) is 9.14. The normalized spacial score (nSPS) is 16.4. The van der Waals surface area contributed by atoms with Crippen LogP contribution in [0.4, 0.5) is 0 Å². The first-order valence-electron chi connectivity index (χ1n) is 9.14. The highest BCUT2D eigenvalue weighted by Crippen LogP contribution is 2.28. The van der Waals surface area contributed by atoms with Gasteiger partial charge in [-0.25, -0.2) is 19.4 Å². The van der Waals surface area contributed by atoms with E-state index in [9.17, 15) is 9.59 Å². The molecule has 1 saturated heterocycles. The van der Waals surface area contributed by atoms with Crippen molar-refractivity contribution in [2.24, 2.45) is 0 Å². The molecule has 140 valence electrons. The highest BCUT2D eigenvalue weighted by atomic mass is 16.2. The zero-order chi connectivity index (χ0) is 18.8. The third kappa shape index (κ3) is 3.30. The molecule has 3 heterocycles. The Labute approximate surface area is 156 Å². The molecule has 1 atom stereocenters. The quantitative estimate of drug-likeness (QED) is 0.761. The number of hydrogen-bond donors (Lipinski definition) is 1. The molecule has 1 fully saturated rings. The molecule has 1 aliphatic heterocycles. The molecule has 8 nitrogen and oxygen atoms in total. The number of benzene rings is 1. The van der Waals surface area contributed by atoms with E-state index >= 15 is 0 Å². The molecule has 0 unspecified atom stereocenters. The molecule has 1 N–H and O–H groups in total. The number of hydrogen-bond acceptors (Lipinski definition) is 4. The van der Waals surface area contributed by atoms with Crippen molar-refractivity contribution in [2.45, 2.75) is 31.7 Å². The molecule has 1 aromatic carbocycles. The molecule has 3 aromatic rings. The standard InChI is InChI=1S/C19H22N6O2/c1-14(24-12-9-20-13-24)18(26)23-10-7-15(8-11-23)17-21-22-19(27)25(17)16-5-3-2-4-6-16/h2-6,9,12-15H,7-8,10-11H2,1H3,(H,22,27)/t14-/m0/s1. The molecule has 4 rings (SSSR count). The van der Waals surface area contributed by atoms with Crippen LogP contribution >= 0.6 is 0 Å². The molecule has 1 aliphatic rings. The summed E-state index contributed by atoms with van der Waals surface area (Å²) in [6.07, 6.45) is 6.70. The van der Waals surface area contributed by atoms with Crippen LogP contribution in [0.3, 0.4) is 0 Å². The Kier molecular flexibility index (Phi) is 4.62. The minimum Gasteiger partial charge on any atom is -0.341 e. The van der Waals surface area contributed by atoms with Gasteiger partial charge in [-0.05, 0) is 31.9 Å². The second-order valence-corrected chi connectivity index (χ2v) is 6.84. The van der Waals surface area contributed by atoms with Crippen LogP contribution in [0.25, 0.3) is 5.69 Å². The van der Waals surface area contributed by atoms with Crippen molar-refractivity contribution in [3.63, 3.8) is 0 Å². The van der Waals surface area contributed by atoms with E-state index in [0.717, 1.165) is 24.4 Å². The topological polar surface area (TPSA) is 88.8 Å². The number of nitrogens with one attached hydrogen (secondary N) is 1. The van der Waals surface area contributed by atoms with Crippen molar-refractivity contribution in [3.05, 3.63) is 65.4 Å². The lowest BCUT2D eigenvalue weighted by Crippen LogP contribution is -2.41. The summed E-state index contributed by atoms with van der Waals surface area (Å²) < 4.78 is 3.45. The Bertz CT molecular complexity index is 952. The number of carbonyl (C=O) groups excluding carboxylic acids is 1. The van der Waals surface area contributed by atoms with Crippen molar-refractivity contribution in [1.82, 2.24) is 29.2 Å². The SMILES string of the molecule is C[C@@H](C(=O)N1CCC(c2n[nH]c(=O)n2-c2ccccc2)CC1)n1ccnc1. The van der Waals surface area contributed by atoms with Gasteiger partial charge in [0.15, 0.2) is 0 Å². The van der Waals surface area contributed by atoms with Crippen LogP contribution in [-0.4, -0.2) is 48.2 Å². The minimum atomic E-state index is -0.267. The summed E-state index contributed by atoms with van der Waals surface area (Å²) >= 11 is 0. The van der Waals surface area contributed by atoms with E-state index in [0.29, 0.717) is 13.1 Å². The molecule has 0 aliphatic carbocycles. The van der Waals surface area contributed by atoms with E-state index in [4.69, 9.17) is 0 Å². The summed E-state index contributed by atoms with van der Waals surface area (Å²) in [7, 11) is 0. The van der Waals surface area contributed by atoms with Crippen LogP contribution < -0.4 is 5.69 Å². The van der Waals surface area contributed by atoms with Gasteiger partial charge in [0.2, 0.25) is 5.91 Å². The monoisotopic (exact) mass is 366 g/mol. The number of aromatic nitrogens is 5. The molecule has 1 amide bonds. The summed E-state index contributed by atoms with van der Waals surface area (Å²) in [5, 5.41) is 6.84. The lowest BCUT2D eigenvalue weighted by Gasteiger charge is -2.33. The summed E-state index contributed by atoms with van der Waals surface area (Å²) in [5.41, 5.74) is 0.571. The van der Waals surface area contributed by atoms with E-state index in [2.05, 4.69) is 15.2 Å². The first kappa shape index (κ1) is 17.3. The molecule has 0 bridgehead atoms. The van der Waals surface area contributed by atoms with Gasteiger partial charge < -0.3 is 9.47 Å². The highest BCUT2D eigenvalue weighted by Gasteiger charge is 2.30. The predicted octanol–water partition coefficient (Wildman–Crippen LogP) is 1.72. The average Bonchev–Trinajstić information content (AvgIpc) is 3.37. The second-order valence-electron chi connectivity index (χ2n) is 6.84. The Morgan fingerprint density at radius 1 is 1.22 bits per heavy atom. The van der Waals surface area contributed by atoms with Gasteiger partial charge in [0, 0.05) is 31.4 Å². The fraction of sp³-hybridized carbons (Fsp3) is 0.368. The second kappa shape index (κ2) is 7.22. The van der Waals surface area contributed by atoms with Crippen molar-refractivity contribution in [1.29, 1.82) is 0 Å². The first-order chi connectivity index (χ1) is 13.1. The number of likely N-dealkylation sites (tertiary alicyclic amines) is 1. The number of rotatable bonds is 4. The summed E-state index contributed by atoms with van der Waals surface area (Å²) in [4.78, 5) is 30.9. The lowest BCUT2D eigenvalue weighted by atomic mass is 9.95. The molecule has 0 radical (unpaired) electrons. The fourth-order valence-electron chi connectivity index (χ4n) is 3.66. The lowest BCUT2D eigenvalue weighted by molar-refractivity contribution is -0.135. The van der Waals surface area contributed by atoms with Gasteiger partial charge in [-0.15, -0.1) is 0 Å². The molecule has 0 spiro atoms. The third-order valence-electron chi connectivity index (χ3n) is 5.21. The van der Waals surface area contributed by atoms with E-state index in [1.807, 2.05) is 46.7 Å². The van der Waals surface area contributed by atoms with Gasteiger partial charge in [-0.1, -0.05) is 18.2 Å². The van der Waals surface area contributed by atoms with Gasteiger partial charge in [0.1, 0.15) is 11.9 Å². The Balaban J connectivity index is 1.48. The summed E-state index contributed by atoms with van der Waals surface area (Å²) in [6.45, 7) is 3.19. The minimum absolute atomic E-state index is 0.0916. The van der Waals surface area contributed by atoms with E-state index in [1.54, 1.807) is 23.3 Å². The maximum atomic E-state index is 12.7. The number of aromatic amines is 1. The van der Waals surface area contributed by atoms with Gasteiger partial charge in [-0.3, -0.25) is 4.79 Å². The van der Waals surface area contributed by atoms with Crippen LogP contribution in [0.1, 0.15) is 37.5 Å². The third-order valence-corrected chi connectivity index (χ3v) is 5.21. The Hall–Kier alpha value is -3.16. The van der Waals surface area contributed by atoms with E-state index < -0.39 is 0 Å². The Morgan fingerprint density at radius 3 is 2.63 bits per heavy atom. The molecular formula is C19H22N6O2. The van der Waals surface area contributed by atoms with Gasteiger partial charge in [0.05, 0.1) is 12.0 Å². The van der Waals surface area contributed by atoms with Crippen LogP contribution in [0, 0.1) is 0 Å². The van der Waals surface area contributed by atoms with E-state index in [1.165, 1.54) is 0 Å². The zero-order valence-corrected chi connectivity index (χ0v) is 15.2. The van der Waals surface area contributed by atoms with Crippen molar-refractivity contribution < 1.29 is 4.79 Å². The largest absolute Gasteiger partial charge is 0.347 e. The fourth-order valence-corrected chi connectivity index (χ4v) is 3.66. The van der Waals surface area contributed by atoms with Crippen molar-refractivity contribution in [2.75, 3.05) is 13.1 Å². The predicted molar refractivity (Wildman–Crippen MR) is 99.7 cm³/mol. The van der Waals surface area contributed by atoms with Crippen LogP contribution in [0.2, 0.25) is 0 Å². The summed E-state index contributed by atoms with van der Waals surface area (Å²) in [5.74, 6) is 0.964. The number of para-hydroxylation sites is 1. The number of nitrogens with zero attached hydrogens (tertiary/aromatic N) is 5. The number of imidazole rings is 1. The maximum Gasteiger partial charge on any atom is 0.347 e. The van der Waals surface area contributed by atoms with Crippen molar-refractivity contribution >= 4 is 5.91 Å². The average molecular weight is 366 g/mol. The smallest absolute Gasteiger partial charge is 0.341 e. The van der Waals surface area contributed by atoms with Crippen LogP contribution in [0.5, 0.6) is 0 Å². The molecule has 0 saturated carbocycles. The highest BCUT2D eigenvalue weighted by molar-refractivity contribution is 5.80. The van der Waals surface area contributed by atoms with Gasteiger partial charge in [0.25, 0.3) is 0 Å². The zero-order valence-electron chi connectivity index (χ0n) is 15.2. The number of H-pyrrole nitrogens is 1. The van der Waals surface area contributed by atoms with Gasteiger partial charge in [-0.2, -0.15) is 5.10 Å². The van der Waals surface area contributed by atoms with Crippen LogP contribution in [0.15, 0.2) is 53.8 Å². The van der Waals surface area contributed by atoms with E-state index in [-0.39, 0.29) is 23.6 Å². The summed E-state index contributed by atoms with van der Waals surface area (Å²) in [6, 6.07) is 9.24. The number of carbonyl (C=O) groups is 1. The van der Waals surface area contributed by atoms with Crippen LogP contribution in [-0.2, 0) is 4.79 Å². The maximum absolute atomic E-state index is 12.7. The van der Waals surface area contributed by atoms with Crippen molar-refractivity contribution in [3.8, 4) is 5.69 Å². The number of piperidine rings is 1. The molecule has 27 heavy (non-hydrogen) atoms. The number of amides is 1. The Morgan fingerprint density at radius 2 is 1.96 bits per heavy atom. The molecular weight excluding hydrogens is 344 g/mol. The molecule has 2 aromatic heterocycles. The van der Waals surface area contributed by atoms with Gasteiger partial charge >= 0.3 is 5.69 Å². The molecule has 8 heteroatoms.